The first-order chi connectivity index (χ1) is 8.99. The zero-order valence-electron chi connectivity index (χ0n) is 10.3. The molecule has 0 saturated heterocycles. The lowest BCUT2D eigenvalue weighted by molar-refractivity contribution is 0.0698. The number of nitrogens with zero attached hydrogens (tertiary/aromatic N) is 2. The van der Waals surface area contributed by atoms with Crippen LogP contribution >= 0.6 is 0 Å². The minimum atomic E-state index is -1.15. The first-order valence-electron chi connectivity index (χ1n) is 5.41. The second-order valence-electron chi connectivity index (χ2n) is 3.83. The van der Waals surface area contributed by atoms with Gasteiger partial charge in [-0.15, -0.1) is 0 Å². The summed E-state index contributed by atoms with van der Waals surface area (Å²) in [5.74, 6) is -1.29. The minimum Gasteiger partial charge on any atom is -0.478 e. The molecule has 0 aliphatic carbocycles. The van der Waals surface area contributed by atoms with Crippen molar-refractivity contribution in [1.29, 1.82) is 0 Å². The van der Waals surface area contributed by atoms with Gasteiger partial charge in [0.1, 0.15) is 0 Å². The molecule has 7 nitrogen and oxygen atoms in total. The molecule has 2 heterocycles. The number of nitrogens with one attached hydrogen (secondary N) is 1. The lowest BCUT2D eigenvalue weighted by atomic mass is 10.2. The Kier molecular flexibility index (Phi) is 3.28. The van der Waals surface area contributed by atoms with Crippen LogP contribution < -0.4 is 5.32 Å². The molecule has 0 saturated carbocycles. The molecule has 0 aliphatic heterocycles. The largest absolute Gasteiger partial charge is 0.478 e. The van der Waals surface area contributed by atoms with Gasteiger partial charge in [0, 0.05) is 13.1 Å². The van der Waals surface area contributed by atoms with Gasteiger partial charge in [-0.3, -0.25) is 9.78 Å². The van der Waals surface area contributed by atoms with Gasteiger partial charge in [0.15, 0.2) is 5.89 Å². The van der Waals surface area contributed by atoms with Crippen LogP contribution in [0.3, 0.4) is 0 Å². The minimum absolute atomic E-state index is 0.0442. The highest BCUT2D eigenvalue weighted by Gasteiger charge is 2.18. The number of aromatic carboxylic acids is 1. The Morgan fingerprint density at radius 3 is 2.68 bits per heavy atom. The number of hydrogen-bond acceptors (Lipinski definition) is 5. The lowest BCUT2D eigenvalue weighted by Gasteiger charge is -2.06. The van der Waals surface area contributed by atoms with Crippen molar-refractivity contribution in [1.82, 2.24) is 9.97 Å². The number of amides is 1. The molecule has 2 aromatic heterocycles. The standard InChI is InChI=1S/C12H11N3O4/c1-6-10(19-7(2)14-6)11(16)15-9-5-13-4-3-8(9)12(17)18/h3-5H,1-2H3,(H,15,16)(H,17,18). The van der Waals surface area contributed by atoms with Crippen LogP contribution in [0.5, 0.6) is 0 Å². The van der Waals surface area contributed by atoms with Gasteiger partial charge in [0.25, 0.3) is 5.91 Å². The SMILES string of the molecule is Cc1nc(C)c(C(=O)Nc2cnccc2C(=O)O)o1. The molecule has 2 N–H and O–H groups in total. The number of oxazole rings is 1. The summed E-state index contributed by atoms with van der Waals surface area (Å²) >= 11 is 0. The van der Waals surface area contributed by atoms with Gasteiger partial charge in [0.05, 0.1) is 23.1 Å². The van der Waals surface area contributed by atoms with Crippen molar-refractivity contribution in [3.05, 3.63) is 41.4 Å². The number of carboxylic acid groups (broad SMARTS) is 1. The number of aromatic nitrogens is 2. The van der Waals surface area contributed by atoms with E-state index < -0.39 is 11.9 Å². The second kappa shape index (κ2) is 4.89. The monoisotopic (exact) mass is 261 g/mol. The van der Waals surface area contributed by atoms with Crippen molar-refractivity contribution >= 4 is 17.6 Å². The number of carbonyl (C=O) groups is 2. The Hall–Kier alpha value is -2.70. The van der Waals surface area contributed by atoms with E-state index in [4.69, 9.17) is 9.52 Å². The summed E-state index contributed by atoms with van der Waals surface area (Å²) in [7, 11) is 0. The normalized spacial score (nSPS) is 10.2. The van der Waals surface area contributed by atoms with Gasteiger partial charge in [-0.1, -0.05) is 0 Å². The summed E-state index contributed by atoms with van der Waals surface area (Å²) in [6.07, 6.45) is 2.60. The molecule has 19 heavy (non-hydrogen) atoms. The van der Waals surface area contributed by atoms with Crippen LogP contribution in [0, 0.1) is 13.8 Å². The lowest BCUT2D eigenvalue weighted by Crippen LogP contribution is -2.15. The van der Waals surface area contributed by atoms with Crippen LogP contribution in [0.25, 0.3) is 0 Å². The summed E-state index contributed by atoms with van der Waals surface area (Å²) in [4.78, 5) is 30.7. The van der Waals surface area contributed by atoms with Crippen molar-refractivity contribution in [2.45, 2.75) is 13.8 Å². The molecule has 0 aromatic carbocycles. The topological polar surface area (TPSA) is 105 Å². The van der Waals surface area contributed by atoms with E-state index in [1.807, 2.05) is 0 Å². The smallest absolute Gasteiger partial charge is 0.337 e. The quantitative estimate of drug-likeness (QED) is 0.870. The Morgan fingerprint density at radius 2 is 2.11 bits per heavy atom. The number of aryl methyl sites for hydroxylation is 2. The van der Waals surface area contributed by atoms with Gasteiger partial charge >= 0.3 is 5.97 Å². The van der Waals surface area contributed by atoms with Gasteiger partial charge in [0.2, 0.25) is 5.76 Å². The van der Waals surface area contributed by atoms with E-state index in [1.54, 1.807) is 13.8 Å². The highest BCUT2D eigenvalue weighted by molar-refractivity contribution is 6.06. The zero-order valence-corrected chi connectivity index (χ0v) is 10.3. The number of hydrogen-bond donors (Lipinski definition) is 2. The molecular formula is C12H11N3O4. The number of pyridine rings is 1. The van der Waals surface area contributed by atoms with Crippen molar-refractivity contribution in [2.24, 2.45) is 0 Å². The van der Waals surface area contributed by atoms with Crippen LogP contribution in [-0.4, -0.2) is 27.0 Å². The fourth-order valence-corrected chi connectivity index (χ4v) is 1.60. The molecule has 0 aliphatic rings. The molecule has 0 spiro atoms. The van der Waals surface area contributed by atoms with Gasteiger partial charge in [-0.2, -0.15) is 0 Å². The Labute approximate surface area is 108 Å². The summed E-state index contributed by atoms with van der Waals surface area (Å²) in [6.45, 7) is 3.25. The molecule has 0 radical (unpaired) electrons. The summed E-state index contributed by atoms with van der Waals surface area (Å²) < 4.78 is 5.16. The maximum Gasteiger partial charge on any atom is 0.337 e. The second-order valence-corrected chi connectivity index (χ2v) is 3.83. The van der Waals surface area contributed by atoms with Gasteiger partial charge in [-0.25, -0.2) is 9.78 Å². The third-order valence-electron chi connectivity index (χ3n) is 2.41. The molecule has 0 unspecified atom stereocenters. The van der Waals surface area contributed by atoms with Crippen molar-refractivity contribution < 1.29 is 19.1 Å². The average molecular weight is 261 g/mol. The predicted molar refractivity (Wildman–Crippen MR) is 65.1 cm³/mol. The highest BCUT2D eigenvalue weighted by atomic mass is 16.4. The van der Waals surface area contributed by atoms with Crippen molar-refractivity contribution in [2.75, 3.05) is 5.32 Å². The molecular weight excluding hydrogens is 250 g/mol. The van der Waals surface area contributed by atoms with E-state index in [0.29, 0.717) is 11.6 Å². The van der Waals surface area contributed by atoms with Crippen LogP contribution in [0.15, 0.2) is 22.9 Å². The van der Waals surface area contributed by atoms with Crippen LogP contribution in [0.1, 0.15) is 32.5 Å². The molecule has 0 fully saturated rings. The number of carboxylic acids is 1. The number of carbonyl (C=O) groups excluding carboxylic acids is 1. The van der Waals surface area contributed by atoms with Crippen molar-refractivity contribution in [3.63, 3.8) is 0 Å². The number of anilines is 1. The Morgan fingerprint density at radius 1 is 1.37 bits per heavy atom. The molecule has 0 bridgehead atoms. The summed E-state index contributed by atoms with van der Waals surface area (Å²) in [6, 6.07) is 1.30. The van der Waals surface area contributed by atoms with E-state index in [1.165, 1.54) is 18.5 Å². The van der Waals surface area contributed by atoms with Gasteiger partial charge < -0.3 is 14.8 Å². The molecule has 2 aromatic rings. The molecule has 98 valence electrons. The molecule has 1 amide bonds. The van der Waals surface area contributed by atoms with Crippen LogP contribution in [0.4, 0.5) is 5.69 Å². The van der Waals surface area contributed by atoms with E-state index >= 15 is 0 Å². The maximum absolute atomic E-state index is 12.0. The zero-order chi connectivity index (χ0) is 14.0. The molecule has 7 heteroatoms. The van der Waals surface area contributed by atoms with E-state index in [-0.39, 0.29) is 17.0 Å². The highest BCUT2D eigenvalue weighted by Crippen LogP contribution is 2.16. The molecule has 0 atom stereocenters. The van der Waals surface area contributed by atoms with Crippen molar-refractivity contribution in [3.8, 4) is 0 Å². The third kappa shape index (κ3) is 2.59. The third-order valence-corrected chi connectivity index (χ3v) is 2.41. The average Bonchev–Trinajstić information content (AvgIpc) is 2.69. The molecule has 2 rings (SSSR count). The maximum atomic E-state index is 12.0. The summed E-state index contributed by atoms with van der Waals surface area (Å²) in [5, 5.41) is 11.4. The van der Waals surface area contributed by atoms with Crippen LogP contribution in [-0.2, 0) is 0 Å². The van der Waals surface area contributed by atoms with Crippen LogP contribution in [0.2, 0.25) is 0 Å². The predicted octanol–water partition coefficient (Wildman–Crippen LogP) is 1.64. The van der Waals surface area contributed by atoms with E-state index in [0.717, 1.165) is 0 Å². The van der Waals surface area contributed by atoms with E-state index in [9.17, 15) is 9.59 Å². The van der Waals surface area contributed by atoms with E-state index in [2.05, 4.69) is 15.3 Å². The Bertz CT molecular complexity index is 648. The Balaban J connectivity index is 2.29. The summed E-state index contributed by atoms with van der Waals surface area (Å²) in [5.41, 5.74) is 0.501. The van der Waals surface area contributed by atoms with Gasteiger partial charge in [-0.05, 0) is 13.0 Å². The first kappa shape index (κ1) is 12.7. The first-order valence-corrected chi connectivity index (χ1v) is 5.41. The fraction of sp³-hybridized carbons (Fsp3) is 0.167. The number of rotatable bonds is 3. The fourth-order valence-electron chi connectivity index (χ4n) is 1.60.